The maximum atomic E-state index is 13.5. The highest BCUT2D eigenvalue weighted by atomic mass is 35.5. The molecular weight excluding hydrogens is 537 g/mol. The molecule has 204 valence electrons. The van der Waals surface area contributed by atoms with Crippen molar-refractivity contribution in [2.24, 2.45) is 0 Å². The van der Waals surface area contributed by atoms with Crippen LogP contribution in [0.2, 0.25) is 5.02 Å². The Morgan fingerprint density at radius 1 is 0.921 bits per heavy atom. The van der Waals surface area contributed by atoms with Crippen molar-refractivity contribution in [3.05, 3.63) is 65.2 Å². The normalized spacial score (nSPS) is 11.9. The van der Waals surface area contributed by atoms with Gasteiger partial charge in [0.15, 0.2) is 12.4 Å². The number of methoxy groups -OCH3 is 2. The second-order valence-electron chi connectivity index (χ2n) is 7.49. The number of ether oxygens (including phenoxy) is 4. The van der Waals surface area contributed by atoms with E-state index in [0.29, 0.717) is 22.1 Å². The third-order valence-electron chi connectivity index (χ3n) is 4.90. The molecule has 1 amide bonds. The third-order valence-corrected chi connectivity index (χ3v) is 7.45. The highest BCUT2D eigenvalue weighted by Gasteiger charge is 2.38. The number of carbonyl (C=O) groups excluding carboxylic acids is 1. The number of aromatic nitrogens is 2. The maximum absolute atomic E-state index is 13.5. The Labute approximate surface area is 225 Å². The zero-order valence-electron chi connectivity index (χ0n) is 21.4. The minimum atomic E-state index is -3.74. The Morgan fingerprint density at radius 3 is 2.00 bits per heavy atom. The van der Waals surface area contributed by atoms with Gasteiger partial charge in [0.05, 0.1) is 33.5 Å². The molecular formula is C25H29ClN3O8P. The van der Waals surface area contributed by atoms with Gasteiger partial charge in [-0.1, -0.05) is 23.7 Å². The van der Waals surface area contributed by atoms with Gasteiger partial charge in [-0.25, -0.2) is 0 Å². The quantitative estimate of drug-likeness (QED) is 0.254. The zero-order chi connectivity index (χ0) is 27.5. The molecule has 0 bridgehead atoms. The van der Waals surface area contributed by atoms with Crippen LogP contribution in [0.3, 0.4) is 0 Å². The molecule has 11 nitrogen and oxygen atoms in total. The molecule has 1 atom stereocenters. The predicted molar refractivity (Wildman–Crippen MR) is 140 cm³/mol. The van der Waals surface area contributed by atoms with Crippen molar-refractivity contribution in [1.29, 1.82) is 0 Å². The molecule has 13 heteroatoms. The average Bonchev–Trinajstić information content (AvgIpc) is 2.92. The Hall–Kier alpha value is -3.37. The lowest BCUT2D eigenvalue weighted by atomic mass is 10.2. The number of hydrogen-bond donors (Lipinski definition) is 1. The second kappa shape index (κ2) is 14.0. The number of rotatable bonds is 14. The summed E-state index contributed by atoms with van der Waals surface area (Å²) in [5.41, 5.74) is 0.519. The number of amides is 1. The average molecular weight is 566 g/mol. The predicted octanol–water partition coefficient (Wildman–Crippen LogP) is 5.40. The molecule has 1 unspecified atom stereocenters. The molecule has 0 radical (unpaired) electrons. The summed E-state index contributed by atoms with van der Waals surface area (Å²) in [5, 5.41) is 3.21. The number of carbonyl (C=O) groups is 1. The third kappa shape index (κ3) is 8.06. The molecule has 2 aromatic carbocycles. The Bertz CT molecular complexity index is 1210. The molecule has 0 aliphatic rings. The molecule has 0 aliphatic carbocycles. The molecule has 1 N–H and O–H groups in total. The van der Waals surface area contributed by atoms with E-state index in [-0.39, 0.29) is 37.6 Å². The fourth-order valence-electron chi connectivity index (χ4n) is 3.23. The zero-order valence-corrected chi connectivity index (χ0v) is 23.0. The van der Waals surface area contributed by atoms with Gasteiger partial charge in [-0.05, 0) is 55.8 Å². The van der Waals surface area contributed by atoms with Crippen LogP contribution in [0, 0.1) is 0 Å². The molecule has 3 rings (SSSR count). The minimum Gasteiger partial charge on any atom is -0.484 e. The van der Waals surface area contributed by atoms with Crippen LogP contribution >= 0.6 is 19.2 Å². The van der Waals surface area contributed by atoms with Crippen LogP contribution < -0.4 is 24.3 Å². The lowest BCUT2D eigenvalue weighted by Crippen LogP contribution is -2.33. The van der Waals surface area contributed by atoms with Crippen molar-refractivity contribution in [2.75, 3.05) is 34.0 Å². The number of benzene rings is 2. The van der Waals surface area contributed by atoms with Crippen molar-refractivity contribution in [1.82, 2.24) is 15.3 Å². The molecule has 1 heterocycles. The van der Waals surface area contributed by atoms with Crippen LogP contribution in [-0.4, -0.2) is 49.9 Å². The summed E-state index contributed by atoms with van der Waals surface area (Å²) in [4.78, 5) is 21.0. The molecule has 0 saturated carbocycles. The van der Waals surface area contributed by atoms with Crippen LogP contribution in [0.15, 0.2) is 54.6 Å². The van der Waals surface area contributed by atoms with Crippen molar-refractivity contribution in [3.63, 3.8) is 0 Å². The summed E-state index contributed by atoms with van der Waals surface area (Å²) < 4.78 is 45.9. The van der Waals surface area contributed by atoms with Crippen molar-refractivity contribution >= 4 is 25.1 Å². The van der Waals surface area contributed by atoms with Crippen LogP contribution in [0.25, 0.3) is 0 Å². The first-order valence-corrected chi connectivity index (χ1v) is 13.6. The Kier molecular flexibility index (Phi) is 10.7. The summed E-state index contributed by atoms with van der Waals surface area (Å²) in [6.07, 6.45) is 0. The van der Waals surface area contributed by atoms with E-state index >= 15 is 0 Å². The summed E-state index contributed by atoms with van der Waals surface area (Å²) >= 11 is 5.99. The topological polar surface area (TPSA) is 127 Å². The molecule has 0 saturated heterocycles. The monoisotopic (exact) mass is 565 g/mol. The number of hydrogen-bond acceptors (Lipinski definition) is 10. The van der Waals surface area contributed by atoms with E-state index in [0.717, 1.165) is 0 Å². The van der Waals surface area contributed by atoms with Gasteiger partial charge >= 0.3 is 13.6 Å². The largest absolute Gasteiger partial charge is 0.484 e. The fourth-order valence-corrected chi connectivity index (χ4v) is 5.28. The van der Waals surface area contributed by atoms with Crippen LogP contribution in [0.4, 0.5) is 0 Å². The Morgan fingerprint density at radius 2 is 1.47 bits per heavy atom. The van der Waals surface area contributed by atoms with Crippen molar-refractivity contribution < 1.29 is 37.4 Å². The first-order chi connectivity index (χ1) is 18.3. The lowest BCUT2D eigenvalue weighted by Gasteiger charge is -2.27. The smallest absolute Gasteiger partial charge is 0.357 e. The van der Waals surface area contributed by atoms with Gasteiger partial charge in [-0.3, -0.25) is 9.36 Å². The van der Waals surface area contributed by atoms with Gasteiger partial charge in [-0.15, -0.1) is 0 Å². The highest BCUT2D eigenvalue weighted by Crippen LogP contribution is 2.59. The van der Waals surface area contributed by atoms with Crippen LogP contribution in [0.5, 0.6) is 29.3 Å². The number of nitrogens with one attached hydrogen (secondary N) is 1. The minimum absolute atomic E-state index is 0.0375. The Balaban J connectivity index is 1.66. The van der Waals surface area contributed by atoms with E-state index in [2.05, 4.69) is 15.3 Å². The standard InChI is InChI=1S/C25H29ClN3O8P/c1-5-35-38(31,36-6-2)24(17-7-9-18(26)10-8-17)27-21(30)16-34-19-11-13-20(14-12-19)37-25-28-22(32-3)15-23(29-25)33-4/h7-15,24H,5-6,16H2,1-4H3,(H,27,30). The van der Waals surface area contributed by atoms with E-state index in [1.54, 1.807) is 62.4 Å². The van der Waals surface area contributed by atoms with E-state index in [4.69, 9.17) is 39.6 Å². The summed E-state index contributed by atoms with van der Waals surface area (Å²) in [6.45, 7) is 3.31. The van der Waals surface area contributed by atoms with E-state index < -0.39 is 19.3 Å². The summed E-state index contributed by atoms with van der Waals surface area (Å²) in [6, 6.07) is 14.6. The fraction of sp³-hybridized carbons (Fsp3) is 0.320. The summed E-state index contributed by atoms with van der Waals surface area (Å²) in [7, 11) is -0.804. The van der Waals surface area contributed by atoms with Crippen molar-refractivity contribution in [2.45, 2.75) is 19.6 Å². The lowest BCUT2D eigenvalue weighted by molar-refractivity contribution is -0.123. The van der Waals surface area contributed by atoms with Gasteiger partial charge in [0.2, 0.25) is 11.8 Å². The first-order valence-electron chi connectivity index (χ1n) is 11.6. The van der Waals surface area contributed by atoms with E-state index in [1.165, 1.54) is 20.3 Å². The van der Waals surface area contributed by atoms with Gasteiger partial charge in [0.25, 0.3) is 5.91 Å². The first kappa shape index (κ1) is 29.2. The maximum Gasteiger partial charge on any atom is 0.357 e. The number of halogens is 1. The van der Waals surface area contributed by atoms with Gasteiger partial charge < -0.3 is 33.3 Å². The van der Waals surface area contributed by atoms with E-state index in [1.807, 2.05) is 0 Å². The number of nitrogens with zero attached hydrogens (tertiary/aromatic N) is 2. The van der Waals surface area contributed by atoms with Crippen LogP contribution in [-0.2, 0) is 18.4 Å². The SMILES string of the molecule is CCOP(=O)(OCC)C(NC(=O)COc1ccc(Oc2nc(OC)cc(OC)n2)cc1)c1ccc(Cl)cc1. The molecule has 38 heavy (non-hydrogen) atoms. The van der Waals surface area contributed by atoms with Gasteiger partial charge in [-0.2, -0.15) is 9.97 Å². The van der Waals surface area contributed by atoms with E-state index in [9.17, 15) is 9.36 Å². The second-order valence-corrected chi connectivity index (χ2v) is 10.0. The molecule has 3 aromatic rings. The van der Waals surface area contributed by atoms with Gasteiger partial charge in [0.1, 0.15) is 11.5 Å². The van der Waals surface area contributed by atoms with Crippen molar-refractivity contribution in [3.8, 4) is 29.3 Å². The van der Waals surface area contributed by atoms with Crippen LogP contribution in [0.1, 0.15) is 25.2 Å². The molecule has 0 aliphatic heterocycles. The summed E-state index contributed by atoms with van der Waals surface area (Å²) in [5.74, 6) is -0.180. The molecule has 0 spiro atoms. The molecule has 0 fully saturated rings. The molecule has 1 aromatic heterocycles. The highest BCUT2D eigenvalue weighted by molar-refractivity contribution is 7.54. The van der Waals surface area contributed by atoms with Gasteiger partial charge in [0, 0.05) is 5.02 Å².